The smallest absolute Gasteiger partial charge is 0.147 e. The molecule has 0 radical (unpaired) electrons. The highest BCUT2D eigenvalue weighted by atomic mass is 16.7. The van der Waals surface area contributed by atoms with Crippen molar-refractivity contribution in [3.63, 3.8) is 0 Å². The molecule has 0 aliphatic rings. The highest BCUT2D eigenvalue weighted by molar-refractivity contribution is 5.63. The van der Waals surface area contributed by atoms with E-state index in [-0.39, 0.29) is 0 Å². The predicted octanol–water partition coefficient (Wildman–Crippen LogP) is 3.86. The number of rotatable bonds is 6. The van der Waals surface area contributed by atoms with Gasteiger partial charge in [-0.05, 0) is 23.6 Å². The normalized spacial score (nSPS) is 10.5. The van der Waals surface area contributed by atoms with Gasteiger partial charge in [-0.25, -0.2) is 0 Å². The summed E-state index contributed by atoms with van der Waals surface area (Å²) in [6.45, 7) is 3.59. The van der Waals surface area contributed by atoms with E-state index >= 15 is 0 Å². The molecular weight excluding hydrogens is 224 g/mol. The zero-order chi connectivity index (χ0) is 12.6. The van der Waals surface area contributed by atoms with Gasteiger partial charge in [0.2, 0.25) is 0 Å². The summed E-state index contributed by atoms with van der Waals surface area (Å²) in [5.74, 6) is 0. The number of benzene rings is 2. The van der Waals surface area contributed by atoms with Crippen molar-refractivity contribution in [2.45, 2.75) is 13.5 Å². The van der Waals surface area contributed by atoms with Crippen LogP contribution in [0.2, 0.25) is 0 Å². The standard InChI is InChI=1S/C16H18O2/c1-2-17-13-18-12-14-8-10-16(11-9-14)15-6-4-3-5-7-15/h3-11H,2,12-13H2,1H3. The van der Waals surface area contributed by atoms with Crippen molar-refractivity contribution in [1.29, 1.82) is 0 Å². The molecule has 0 fully saturated rings. The summed E-state index contributed by atoms with van der Waals surface area (Å²) in [5.41, 5.74) is 3.62. The van der Waals surface area contributed by atoms with E-state index < -0.39 is 0 Å². The van der Waals surface area contributed by atoms with E-state index in [0.717, 1.165) is 5.56 Å². The second-order valence-electron chi connectivity index (χ2n) is 4.02. The van der Waals surface area contributed by atoms with Crippen LogP contribution in [0.1, 0.15) is 12.5 Å². The van der Waals surface area contributed by atoms with Crippen LogP contribution >= 0.6 is 0 Å². The van der Waals surface area contributed by atoms with E-state index in [1.165, 1.54) is 11.1 Å². The van der Waals surface area contributed by atoms with Crippen molar-refractivity contribution in [1.82, 2.24) is 0 Å². The molecule has 2 nitrogen and oxygen atoms in total. The Morgan fingerprint density at radius 3 is 2.11 bits per heavy atom. The van der Waals surface area contributed by atoms with Crippen LogP contribution in [-0.2, 0) is 16.1 Å². The first-order valence-electron chi connectivity index (χ1n) is 6.20. The molecule has 0 saturated carbocycles. The quantitative estimate of drug-likeness (QED) is 0.565. The van der Waals surface area contributed by atoms with Gasteiger partial charge >= 0.3 is 0 Å². The Kier molecular flexibility index (Phi) is 4.94. The van der Waals surface area contributed by atoms with Gasteiger partial charge in [0.05, 0.1) is 6.61 Å². The molecule has 0 heterocycles. The summed E-state index contributed by atoms with van der Waals surface area (Å²) in [5, 5.41) is 0. The third-order valence-corrected chi connectivity index (χ3v) is 2.70. The molecular formula is C16H18O2. The van der Waals surface area contributed by atoms with Crippen LogP contribution in [0.3, 0.4) is 0 Å². The van der Waals surface area contributed by atoms with Crippen molar-refractivity contribution >= 4 is 0 Å². The average Bonchev–Trinajstić information content (AvgIpc) is 2.45. The molecule has 0 amide bonds. The predicted molar refractivity (Wildman–Crippen MR) is 73.2 cm³/mol. The average molecular weight is 242 g/mol. The Bertz CT molecular complexity index is 448. The molecule has 94 valence electrons. The van der Waals surface area contributed by atoms with Crippen molar-refractivity contribution < 1.29 is 9.47 Å². The summed E-state index contributed by atoms with van der Waals surface area (Å²) < 4.78 is 10.5. The molecule has 0 aromatic heterocycles. The fourth-order valence-electron chi connectivity index (χ4n) is 1.73. The minimum atomic E-state index is 0.358. The number of hydrogen-bond donors (Lipinski definition) is 0. The van der Waals surface area contributed by atoms with Gasteiger partial charge in [0.25, 0.3) is 0 Å². The highest BCUT2D eigenvalue weighted by Crippen LogP contribution is 2.19. The zero-order valence-electron chi connectivity index (χ0n) is 10.6. The number of ether oxygens (including phenoxy) is 2. The van der Waals surface area contributed by atoms with Crippen molar-refractivity contribution in [2.24, 2.45) is 0 Å². The lowest BCUT2D eigenvalue weighted by Gasteiger charge is -2.06. The summed E-state index contributed by atoms with van der Waals surface area (Å²) in [7, 11) is 0. The first kappa shape index (κ1) is 12.8. The van der Waals surface area contributed by atoms with Gasteiger partial charge in [0.1, 0.15) is 6.79 Å². The van der Waals surface area contributed by atoms with Gasteiger partial charge in [-0.3, -0.25) is 0 Å². The Morgan fingerprint density at radius 1 is 0.778 bits per heavy atom. The monoisotopic (exact) mass is 242 g/mol. The summed E-state index contributed by atoms with van der Waals surface area (Å²) in [4.78, 5) is 0. The molecule has 18 heavy (non-hydrogen) atoms. The minimum Gasteiger partial charge on any atom is -0.356 e. The molecule has 0 spiro atoms. The van der Waals surface area contributed by atoms with Crippen LogP contribution in [0.4, 0.5) is 0 Å². The first-order chi connectivity index (χ1) is 8.90. The maximum absolute atomic E-state index is 5.38. The van der Waals surface area contributed by atoms with E-state index in [4.69, 9.17) is 9.47 Å². The van der Waals surface area contributed by atoms with Crippen molar-refractivity contribution in [3.05, 3.63) is 60.2 Å². The topological polar surface area (TPSA) is 18.5 Å². The molecule has 0 saturated heterocycles. The van der Waals surface area contributed by atoms with Crippen LogP contribution in [0.5, 0.6) is 0 Å². The fourth-order valence-corrected chi connectivity index (χ4v) is 1.73. The Balaban J connectivity index is 1.94. The fraction of sp³-hybridized carbons (Fsp3) is 0.250. The van der Waals surface area contributed by atoms with Crippen LogP contribution < -0.4 is 0 Å². The third kappa shape index (κ3) is 3.69. The van der Waals surface area contributed by atoms with E-state index in [2.05, 4.69) is 48.5 Å². The molecule has 2 rings (SSSR count). The second-order valence-corrected chi connectivity index (χ2v) is 4.02. The second kappa shape index (κ2) is 6.94. The van der Waals surface area contributed by atoms with E-state index in [0.29, 0.717) is 20.0 Å². The molecule has 0 aliphatic carbocycles. The van der Waals surface area contributed by atoms with Crippen LogP contribution in [0.25, 0.3) is 11.1 Å². The maximum atomic E-state index is 5.38. The molecule has 0 unspecified atom stereocenters. The maximum Gasteiger partial charge on any atom is 0.147 e. The lowest BCUT2D eigenvalue weighted by Crippen LogP contribution is -1.99. The van der Waals surface area contributed by atoms with Crippen LogP contribution in [-0.4, -0.2) is 13.4 Å². The summed E-state index contributed by atoms with van der Waals surface area (Å²) >= 11 is 0. The SMILES string of the molecule is CCOCOCc1ccc(-c2ccccc2)cc1. The molecule has 2 heteroatoms. The van der Waals surface area contributed by atoms with Gasteiger partial charge in [-0.2, -0.15) is 0 Å². The molecule has 0 bridgehead atoms. The molecule has 2 aromatic rings. The lowest BCUT2D eigenvalue weighted by atomic mass is 10.0. The Labute approximate surface area is 108 Å². The largest absolute Gasteiger partial charge is 0.356 e. The van der Waals surface area contributed by atoms with Gasteiger partial charge in [0, 0.05) is 6.61 Å². The van der Waals surface area contributed by atoms with Gasteiger partial charge in [-0.15, -0.1) is 0 Å². The lowest BCUT2D eigenvalue weighted by molar-refractivity contribution is -0.0571. The van der Waals surface area contributed by atoms with Crippen molar-refractivity contribution in [3.8, 4) is 11.1 Å². The summed E-state index contributed by atoms with van der Waals surface area (Å²) in [6, 6.07) is 18.8. The zero-order valence-corrected chi connectivity index (χ0v) is 10.6. The van der Waals surface area contributed by atoms with Crippen LogP contribution in [0.15, 0.2) is 54.6 Å². The minimum absolute atomic E-state index is 0.358. The van der Waals surface area contributed by atoms with E-state index in [1.54, 1.807) is 0 Å². The molecule has 0 N–H and O–H groups in total. The highest BCUT2D eigenvalue weighted by Gasteiger charge is 1.97. The summed E-state index contributed by atoms with van der Waals surface area (Å²) in [6.07, 6.45) is 0. The molecule has 0 aliphatic heterocycles. The Hall–Kier alpha value is -1.64. The molecule has 2 aromatic carbocycles. The van der Waals surface area contributed by atoms with E-state index in [1.807, 2.05) is 13.0 Å². The van der Waals surface area contributed by atoms with Gasteiger partial charge < -0.3 is 9.47 Å². The Morgan fingerprint density at radius 2 is 1.44 bits per heavy atom. The van der Waals surface area contributed by atoms with Crippen LogP contribution in [0, 0.1) is 0 Å². The van der Waals surface area contributed by atoms with Gasteiger partial charge in [-0.1, -0.05) is 54.6 Å². The first-order valence-corrected chi connectivity index (χ1v) is 6.20. The number of hydrogen-bond acceptors (Lipinski definition) is 2. The molecule has 0 atom stereocenters. The van der Waals surface area contributed by atoms with Crippen molar-refractivity contribution in [2.75, 3.05) is 13.4 Å². The van der Waals surface area contributed by atoms with Gasteiger partial charge in [0.15, 0.2) is 0 Å². The van der Waals surface area contributed by atoms with E-state index in [9.17, 15) is 0 Å². The third-order valence-electron chi connectivity index (χ3n) is 2.70.